The highest BCUT2D eigenvalue weighted by Gasteiger charge is 2.12. The number of fused-ring (bicyclic) bond motifs is 1. The fourth-order valence-electron chi connectivity index (χ4n) is 2.02. The molecule has 0 radical (unpaired) electrons. The quantitative estimate of drug-likeness (QED) is 0.630. The van der Waals surface area contributed by atoms with E-state index in [0.717, 1.165) is 15.8 Å². The zero-order valence-corrected chi connectivity index (χ0v) is 13.1. The summed E-state index contributed by atoms with van der Waals surface area (Å²) >= 11 is 7.27. The van der Waals surface area contributed by atoms with E-state index in [9.17, 15) is 9.59 Å². The van der Waals surface area contributed by atoms with Gasteiger partial charge in [0.25, 0.3) is 11.8 Å². The summed E-state index contributed by atoms with van der Waals surface area (Å²) in [5.74, 6) is -0.764. The fraction of sp³-hybridized carbons (Fsp3) is 0.0667. The van der Waals surface area contributed by atoms with Crippen LogP contribution in [0.15, 0.2) is 36.4 Å². The van der Waals surface area contributed by atoms with Crippen LogP contribution >= 0.6 is 22.9 Å². The Bertz CT molecular complexity index is 869. The van der Waals surface area contributed by atoms with Crippen LogP contribution in [0, 0.1) is 6.92 Å². The molecule has 2 heterocycles. The monoisotopic (exact) mass is 333 g/mol. The van der Waals surface area contributed by atoms with E-state index >= 15 is 0 Å². The van der Waals surface area contributed by atoms with Crippen LogP contribution in [0.4, 0.5) is 0 Å². The van der Waals surface area contributed by atoms with Crippen LogP contribution in [0.1, 0.15) is 25.0 Å². The number of aromatic nitrogens is 1. The molecular formula is C15H12ClN3O2S. The van der Waals surface area contributed by atoms with Crippen LogP contribution in [-0.2, 0) is 0 Å². The van der Waals surface area contributed by atoms with Crippen LogP contribution in [0.3, 0.4) is 0 Å². The Morgan fingerprint density at radius 3 is 2.59 bits per heavy atom. The third-order valence-electron chi connectivity index (χ3n) is 3.08. The standard InChI is InChI=1S/C15H12ClN3O2S/c1-8-2-5-13(22-8)15(21)19-18-14(20)12-7-9-6-10(16)3-4-11(9)17-12/h2-7,17H,1H3,(H,18,20)(H,19,21). The molecule has 0 saturated heterocycles. The summed E-state index contributed by atoms with van der Waals surface area (Å²) in [7, 11) is 0. The van der Waals surface area contributed by atoms with E-state index in [4.69, 9.17) is 11.6 Å². The maximum Gasteiger partial charge on any atom is 0.286 e. The number of thiophene rings is 1. The van der Waals surface area contributed by atoms with Crippen molar-refractivity contribution >= 4 is 45.7 Å². The van der Waals surface area contributed by atoms with Gasteiger partial charge in [-0.2, -0.15) is 0 Å². The SMILES string of the molecule is Cc1ccc(C(=O)NNC(=O)c2cc3cc(Cl)ccc3[nH]2)s1. The number of carbonyl (C=O) groups excluding carboxylic acids is 2. The van der Waals surface area contributed by atoms with Gasteiger partial charge in [-0.3, -0.25) is 20.4 Å². The third-order valence-corrected chi connectivity index (χ3v) is 4.32. The van der Waals surface area contributed by atoms with Gasteiger partial charge in [0.1, 0.15) is 5.69 Å². The summed E-state index contributed by atoms with van der Waals surface area (Å²) in [5.41, 5.74) is 5.93. The van der Waals surface area contributed by atoms with Crippen molar-refractivity contribution < 1.29 is 9.59 Å². The summed E-state index contributed by atoms with van der Waals surface area (Å²) < 4.78 is 0. The molecule has 0 aliphatic heterocycles. The number of carbonyl (C=O) groups is 2. The Kier molecular flexibility index (Phi) is 3.87. The maximum absolute atomic E-state index is 12.1. The van der Waals surface area contributed by atoms with Gasteiger partial charge in [-0.15, -0.1) is 11.3 Å². The van der Waals surface area contributed by atoms with Crippen molar-refractivity contribution in [3.8, 4) is 0 Å². The zero-order chi connectivity index (χ0) is 15.7. The minimum absolute atomic E-state index is 0.342. The molecule has 0 unspecified atom stereocenters. The zero-order valence-electron chi connectivity index (χ0n) is 11.6. The van der Waals surface area contributed by atoms with E-state index in [1.165, 1.54) is 11.3 Å². The van der Waals surface area contributed by atoms with Gasteiger partial charge >= 0.3 is 0 Å². The Balaban J connectivity index is 1.69. The molecular weight excluding hydrogens is 322 g/mol. The van der Waals surface area contributed by atoms with Crippen molar-refractivity contribution in [2.75, 3.05) is 0 Å². The van der Waals surface area contributed by atoms with Crippen LogP contribution in [0.2, 0.25) is 5.02 Å². The molecule has 3 aromatic rings. The van der Waals surface area contributed by atoms with Crippen molar-refractivity contribution in [1.82, 2.24) is 15.8 Å². The summed E-state index contributed by atoms with van der Waals surface area (Å²) in [6.07, 6.45) is 0. The number of H-pyrrole nitrogens is 1. The molecule has 22 heavy (non-hydrogen) atoms. The molecule has 3 rings (SSSR count). The van der Waals surface area contributed by atoms with Gasteiger partial charge in [-0.05, 0) is 43.3 Å². The summed E-state index contributed by atoms with van der Waals surface area (Å²) in [6, 6.07) is 10.5. The van der Waals surface area contributed by atoms with Crippen molar-refractivity contribution in [1.29, 1.82) is 0 Å². The van der Waals surface area contributed by atoms with E-state index < -0.39 is 5.91 Å². The van der Waals surface area contributed by atoms with E-state index in [0.29, 0.717) is 15.6 Å². The molecule has 1 aromatic carbocycles. The molecule has 0 fully saturated rings. The van der Waals surface area contributed by atoms with Crippen molar-refractivity contribution in [3.63, 3.8) is 0 Å². The smallest absolute Gasteiger partial charge is 0.286 e. The fourth-order valence-corrected chi connectivity index (χ4v) is 2.97. The van der Waals surface area contributed by atoms with E-state index in [2.05, 4.69) is 15.8 Å². The topological polar surface area (TPSA) is 74.0 Å². The van der Waals surface area contributed by atoms with Crippen molar-refractivity contribution in [2.45, 2.75) is 6.92 Å². The number of rotatable bonds is 2. The highest BCUT2D eigenvalue weighted by molar-refractivity contribution is 7.13. The number of hydrazine groups is 1. The number of benzene rings is 1. The molecule has 2 amide bonds. The number of hydrogen-bond donors (Lipinski definition) is 3. The second kappa shape index (κ2) is 5.82. The first kappa shape index (κ1) is 14.6. The van der Waals surface area contributed by atoms with Gasteiger partial charge in [0.2, 0.25) is 0 Å². The van der Waals surface area contributed by atoms with E-state index in [1.54, 1.807) is 30.3 Å². The minimum Gasteiger partial charge on any atom is -0.350 e. The molecule has 0 aliphatic carbocycles. The first-order chi connectivity index (χ1) is 10.5. The molecule has 0 atom stereocenters. The molecule has 0 spiro atoms. The largest absolute Gasteiger partial charge is 0.350 e. The normalized spacial score (nSPS) is 10.6. The average Bonchev–Trinajstić information content (AvgIpc) is 3.10. The Labute approximate surface area is 135 Å². The molecule has 2 aromatic heterocycles. The van der Waals surface area contributed by atoms with Crippen LogP contribution in [-0.4, -0.2) is 16.8 Å². The molecule has 0 aliphatic rings. The van der Waals surface area contributed by atoms with Crippen molar-refractivity contribution in [2.24, 2.45) is 0 Å². The predicted octanol–water partition coefficient (Wildman–Crippen LogP) is 3.27. The van der Waals surface area contributed by atoms with Gasteiger partial charge in [0.15, 0.2) is 0 Å². The Morgan fingerprint density at radius 1 is 1.09 bits per heavy atom. The van der Waals surface area contributed by atoms with Crippen molar-refractivity contribution in [3.05, 3.63) is 56.9 Å². The molecule has 112 valence electrons. The van der Waals surface area contributed by atoms with Crippen LogP contribution in [0.5, 0.6) is 0 Å². The summed E-state index contributed by atoms with van der Waals surface area (Å²) in [5, 5.41) is 1.43. The molecule has 3 N–H and O–H groups in total. The van der Waals surface area contributed by atoms with Crippen LogP contribution in [0.25, 0.3) is 10.9 Å². The summed E-state index contributed by atoms with van der Waals surface area (Å²) in [6.45, 7) is 1.91. The lowest BCUT2D eigenvalue weighted by molar-refractivity contribution is 0.0846. The summed E-state index contributed by atoms with van der Waals surface area (Å²) in [4.78, 5) is 28.5. The first-order valence-electron chi connectivity index (χ1n) is 6.48. The van der Waals surface area contributed by atoms with Gasteiger partial charge < -0.3 is 4.98 Å². The third kappa shape index (κ3) is 2.98. The van der Waals surface area contributed by atoms with Gasteiger partial charge in [-0.1, -0.05) is 11.6 Å². The van der Waals surface area contributed by atoms with Crippen LogP contribution < -0.4 is 10.9 Å². The molecule has 7 heteroatoms. The number of halogens is 1. The first-order valence-corrected chi connectivity index (χ1v) is 7.68. The van der Waals surface area contributed by atoms with Gasteiger partial charge in [0, 0.05) is 20.8 Å². The number of hydrogen-bond acceptors (Lipinski definition) is 3. The number of aromatic amines is 1. The Morgan fingerprint density at radius 2 is 1.86 bits per heavy atom. The second-order valence-electron chi connectivity index (χ2n) is 4.73. The van der Waals surface area contributed by atoms with E-state index in [1.807, 2.05) is 13.0 Å². The highest BCUT2D eigenvalue weighted by atomic mass is 35.5. The maximum atomic E-state index is 12.1. The molecule has 5 nitrogen and oxygen atoms in total. The highest BCUT2D eigenvalue weighted by Crippen LogP contribution is 2.20. The lowest BCUT2D eigenvalue weighted by atomic mass is 10.2. The van der Waals surface area contributed by atoms with Gasteiger partial charge in [-0.25, -0.2) is 0 Å². The number of nitrogens with one attached hydrogen (secondary N) is 3. The average molecular weight is 334 g/mol. The Hall–Kier alpha value is -2.31. The van der Waals surface area contributed by atoms with Gasteiger partial charge in [0.05, 0.1) is 4.88 Å². The molecule has 0 saturated carbocycles. The van der Waals surface area contributed by atoms with E-state index in [-0.39, 0.29) is 5.91 Å². The minimum atomic E-state index is -0.422. The predicted molar refractivity (Wildman–Crippen MR) is 87.3 cm³/mol. The number of aryl methyl sites for hydroxylation is 1. The second-order valence-corrected chi connectivity index (χ2v) is 6.46. The lowest BCUT2D eigenvalue weighted by Gasteiger charge is -2.04. The number of amides is 2. The molecule has 0 bridgehead atoms. The lowest BCUT2D eigenvalue weighted by Crippen LogP contribution is -2.41.